The summed E-state index contributed by atoms with van der Waals surface area (Å²) in [5, 5.41) is 0.770. The van der Waals surface area contributed by atoms with Crippen molar-refractivity contribution in [2.45, 2.75) is 55.4 Å². The quantitative estimate of drug-likeness (QED) is 0.244. The van der Waals surface area contributed by atoms with E-state index in [4.69, 9.17) is 4.98 Å². The third kappa shape index (κ3) is 3.52. The molecular weight excluding hydrogens is 436 g/mol. The van der Waals surface area contributed by atoms with Crippen molar-refractivity contribution in [3.63, 3.8) is 0 Å². The van der Waals surface area contributed by atoms with Crippen LogP contribution in [0.3, 0.4) is 0 Å². The molecule has 4 aromatic rings. The van der Waals surface area contributed by atoms with Gasteiger partial charge in [0.05, 0.1) is 16.9 Å². The number of hydrogen-bond donors (Lipinski definition) is 0. The van der Waals surface area contributed by atoms with Gasteiger partial charge in [0.25, 0.3) is 5.56 Å². The van der Waals surface area contributed by atoms with Crippen molar-refractivity contribution in [3.05, 3.63) is 111 Å². The first kappa shape index (κ1) is 21.4. The minimum absolute atomic E-state index is 0.0964. The standard InChI is InChI=1S/C30H28N2OS/c1-21-11-5-8-16-25(21)32-28(33)26-27(31-29(32)34-20-22-12-3-2-4-13-22)24-15-7-6-14-23(24)19-30(26)17-9-10-18-30/h2-8,11-16H,9-10,17-20H2,1H3. The van der Waals surface area contributed by atoms with Crippen molar-refractivity contribution in [1.29, 1.82) is 0 Å². The number of fused-ring (bicyclic) bond motifs is 4. The van der Waals surface area contributed by atoms with Crippen LogP contribution in [0.2, 0.25) is 0 Å². The maximum atomic E-state index is 14.5. The molecule has 0 saturated heterocycles. The Morgan fingerprint density at radius 2 is 1.62 bits per heavy atom. The minimum atomic E-state index is -0.0964. The van der Waals surface area contributed by atoms with E-state index in [0.717, 1.165) is 58.2 Å². The van der Waals surface area contributed by atoms with Gasteiger partial charge in [-0.2, -0.15) is 0 Å². The number of aryl methyl sites for hydroxylation is 1. The summed E-state index contributed by atoms with van der Waals surface area (Å²) in [5.74, 6) is 0.769. The number of hydrogen-bond acceptors (Lipinski definition) is 3. The lowest BCUT2D eigenvalue weighted by molar-refractivity contribution is 0.422. The van der Waals surface area contributed by atoms with Crippen LogP contribution in [0.5, 0.6) is 0 Å². The Kier molecular flexibility index (Phi) is 5.41. The Labute approximate surface area is 204 Å². The molecule has 2 aliphatic carbocycles. The van der Waals surface area contributed by atoms with Gasteiger partial charge in [-0.15, -0.1) is 0 Å². The van der Waals surface area contributed by atoms with Gasteiger partial charge in [0.2, 0.25) is 0 Å². The molecule has 0 amide bonds. The van der Waals surface area contributed by atoms with Gasteiger partial charge in [-0.25, -0.2) is 4.98 Å². The van der Waals surface area contributed by atoms with Crippen LogP contribution < -0.4 is 5.56 Å². The summed E-state index contributed by atoms with van der Waals surface area (Å²) in [6, 6.07) is 27.1. The third-order valence-corrected chi connectivity index (χ3v) is 8.52. The number of thioether (sulfide) groups is 1. The molecule has 0 N–H and O–H groups in total. The molecule has 4 heteroatoms. The molecule has 170 valence electrons. The van der Waals surface area contributed by atoms with E-state index in [1.807, 2.05) is 22.8 Å². The predicted octanol–water partition coefficient (Wildman–Crippen LogP) is 6.87. The molecule has 3 nitrogen and oxygen atoms in total. The zero-order valence-electron chi connectivity index (χ0n) is 19.5. The topological polar surface area (TPSA) is 34.9 Å². The molecular formula is C30H28N2OS. The highest BCUT2D eigenvalue weighted by atomic mass is 32.2. The van der Waals surface area contributed by atoms with E-state index in [9.17, 15) is 4.79 Å². The van der Waals surface area contributed by atoms with E-state index in [2.05, 4.69) is 67.6 Å². The van der Waals surface area contributed by atoms with Gasteiger partial charge in [-0.05, 0) is 48.9 Å². The summed E-state index contributed by atoms with van der Waals surface area (Å²) in [6.45, 7) is 2.08. The van der Waals surface area contributed by atoms with Crippen LogP contribution in [0.15, 0.2) is 88.8 Å². The van der Waals surface area contributed by atoms with Gasteiger partial charge < -0.3 is 0 Å². The van der Waals surface area contributed by atoms with Gasteiger partial charge in [-0.3, -0.25) is 9.36 Å². The number of para-hydroxylation sites is 1. The highest BCUT2D eigenvalue weighted by Gasteiger charge is 2.44. The number of rotatable bonds is 4. The molecule has 34 heavy (non-hydrogen) atoms. The predicted molar refractivity (Wildman–Crippen MR) is 140 cm³/mol. The van der Waals surface area contributed by atoms with Gasteiger partial charge >= 0.3 is 0 Å². The molecule has 0 radical (unpaired) electrons. The van der Waals surface area contributed by atoms with Crippen LogP contribution in [-0.4, -0.2) is 9.55 Å². The monoisotopic (exact) mass is 464 g/mol. The zero-order valence-corrected chi connectivity index (χ0v) is 20.3. The van der Waals surface area contributed by atoms with Crippen molar-refractivity contribution >= 4 is 11.8 Å². The summed E-state index contributed by atoms with van der Waals surface area (Å²) in [4.78, 5) is 19.8. The van der Waals surface area contributed by atoms with Gasteiger partial charge in [0.1, 0.15) is 0 Å². The lowest BCUT2D eigenvalue weighted by atomic mass is 9.68. The Bertz CT molecular complexity index is 1420. The lowest BCUT2D eigenvalue weighted by Crippen LogP contribution is -2.40. The maximum absolute atomic E-state index is 14.5. The van der Waals surface area contributed by atoms with E-state index < -0.39 is 0 Å². The second kappa shape index (κ2) is 8.59. The highest BCUT2D eigenvalue weighted by Crippen LogP contribution is 2.50. The molecule has 0 unspecified atom stereocenters. The average molecular weight is 465 g/mol. The normalized spacial score (nSPS) is 15.8. The largest absolute Gasteiger partial charge is 0.268 e. The highest BCUT2D eigenvalue weighted by molar-refractivity contribution is 7.98. The fraction of sp³-hybridized carbons (Fsp3) is 0.267. The Morgan fingerprint density at radius 1 is 0.912 bits per heavy atom. The molecule has 1 fully saturated rings. The van der Waals surface area contributed by atoms with Crippen molar-refractivity contribution in [3.8, 4) is 16.9 Å². The van der Waals surface area contributed by atoms with Gasteiger partial charge in [0.15, 0.2) is 5.16 Å². The van der Waals surface area contributed by atoms with E-state index in [0.29, 0.717) is 0 Å². The second-order valence-corrected chi connectivity index (χ2v) is 10.6. The summed E-state index contributed by atoms with van der Waals surface area (Å²) < 4.78 is 1.90. The van der Waals surface area contributed by atoms with Gasteiger partial charge in [-0.1, -0.05) is 97.4 Å². The molecule has 1 saturated carbocycles. The first-order valence-electron chi connectivity index (χ1n) is 12.1. The maximum Gasteiger partial charge on any atom is 0.263 e. The minimum Gasteiger partial charge on any atom is -0.268 e. The SMILES string of the molecule is Cc1ccccc1-n1c(SCc2ccccc2)nc2c(c1=O)C1(CCCC1)Cc1ccccc1-2. The summed E-state index contributed by atoms with van der Waals surface area (Å²) in [5.41, 5.74) is 7.58. The average Bonchev–Trinajstić information content (AvgIpc) is 3.32. The molecule has 0 bridgehead atoms. The second-order valence-electron chi connectivity index (χ2n) is 9.64. The molecule has 6 rings (SSSR count). The molecule has 0 atom stereocenters. The summed E-state index contributed by atoms with van der Waals surface area (Å²) >= 11 is 1.65. The van der Waals surface area contributed by atoms with E-state index in [1.165, 1.54) is 24.0 Å². The van der Waals surface area contributed by atoms with Crippen LogP contribution in [0, 0.1) is 6.92 Å². The van der Waals surface area contributed by atoms with E-state index >= 15 is 0 Å². The zero-order chi connectivity index (χ0) is 23.1. The summed E-state index contributed by atoms with van der Waals surface area (Å²) in [6.07, 6.45) is 5.42. The van der Waals surface area contributed by atoms with Crippen LogP contribution >= 0.6 is 11.8 Å². The van der Waals surface area contributed by atoms with Crippen molar-refractivity contribution in [1.82, 2.24) is 9.55 Å². The van der Waals surface area contributed by atoms with Crippen LogP contribution in [0.4, 0.5) is 0 Å². The van der Waals surface area contributed by atoms with E-state index in [-0.39, 0.29) is 11.0 Å². The molecule has 1 spiro atoms. The Morgan fingerprint density at radius 3 is 2.41 bits per heavy atom. The Hall–Kier alpha value is -3.11. The molecule has 2 aliphatic rings. The number of aromatic nitrogens is 2. The summed E-state index contributed by atoms with van der Waals surface area (Å²) in [7, 11) is 0. The van der Waals surface area contributed by atoms with Crippen molar-refractivity contribution < 1.29 is 0 Å². The fourth-order valence-electron chi connectivity index (χ4n) is 5.86. The van der Waals surface area contributed by atoms with E-state index in [1.54, 1.807) is 11.8 Å². The lowest BCUT2D eigenvalue weighted by Gasteiger charge is -2.36. The van der Waals surface area contributed by atoms with Crippen LogP contribution in [-0.2, 0) is 17.6 Å². The first-order chi connectivity index (χ1) is 16.7. The Balaban J connectivity index is 1.61. The number of nitrogens with zero attached hydrogens (tertiary/aromatic N) is 2. The van der Waals surface area contributed by atoms with Crippen LogP contribution in [0.25, 0.3) is 16.9 Å². The van der Waals surface area contributed by atoms with Crippen LogP contribution in [0.1, 0.15) is 47.9 Å². The smallest absolute Gasteiger partial charge is 0.263 e. The van der Waals surface area contributed by atoms with Crippen molar-refractivity contribution in [2.24, 2.45) is 0 Å². The molecule has 3 aromatic carbocycles. The first-order valence-corrected chi connectivity index (χ1v) is 13.1. The molecule has 1 aromatic heterocycles. The van der Waals surface area contributed by atoms with Crippen molar-refractivity contribution in [2.75, 3.05) is 0 Å². The number of benzene rings is 3. The molecule has 0 aliphatic heterocycles. The fourth-order valence-corrected chi connectivity index (χ4v) is 6.81. The molecule has 1 heterocycles. The van der Waals surface area contributed by atoms with Gasteiger partial charge in [0, 0.05) is 16.7 Å². The third-order valence-electron chi connectivity index (χ3n) is 7.51.